The zero-order chi connectivity index (χ0) is 13.6. The van der Waals surface area contributed by atoms with E-state index < -0.39 is 17.8 Å². The summed E-state index contributed by atoms with van der Waals surface area (Å²) in [5.41, 5.74) is -0.543. The van der Waals surface area contributed by atoms with Crippen LogP contribution in [0.2, 0.25) is 0 Å². The van der Waals surface area contributed by atoms with Gasteiger partial charge in [0.15, 0.2) is 0 Å². The van der Waals surface area contributed by atoms with Gasteiger partial charge in [-0.05, 0) is 33.1 Å². The first-order chi connectivity index (χ1) is 7.65. The zero-order valence-electron chi connectivity index (χ0n) is 11.3. The Morgan fingerprint density at radius 1 is 1.41 bits per heavy atom. The fourth-order valence-electron chi connectivity index (χ4n) is 1.39. The van der Waals surface area contributed by atoms with Crippen molar-refractivity contribution in [3.05, 3.63) is 0 Å². The molecule has 0 bridgehead atoms. The third-order valence-electron chi connectivity index (χ3n) is 2.05. The highest BCUT2D eigenvalue weighted by Gasteiger charge is 2.24. The smallest absolute Gasteiger partial charge is 0.407 e. The number of carbonyl (C=O) groups is 1. The van der Waals surface area contributed by atoms with Crippen molar-refractivity contribution in [2.45, 2.75) is 58.8 Å². The maximum atomic E-state index is 11.6. The number of alkyl carbamates (subject to hydrolysis) is 1. The van der Waals surface area contributed by atoms with Crippen LogP contribution >= 0.6 is 11.6 Å². The van der Waals surface area contributed by atoms with Gasteiger partial charge in [0.05, 0.1) is 18.0 Å². The SMILES string of the molecule is CC(C)CC(NC(=O)OC(C)(C)C)C(O)CCl. The summed E-state index contributed by atoms with van der Waals surface area (Å²) in [5, 5.41) is 12.4. The molecule has 2 unspecified atom stereocenters. The molecule has 0 fully saturated rings. The lowest BCUT2D eigenvalue weighted by Crippen LogP contribution is -2.46. The molecule has 17 heavy (non-hydrogen) atoms. The maximum absolute atomic E-state index is 11.6. The van der Waals surface area contributed by atoms with Gasteiger partial charge in [-0.1, -0.05) is 13.8 Å². The summed E-state index contributed by atoms with van der Waals surface area (Å²) >= 11 is 5.60. The van der Waals surface area contributed by atoms with Gasteiger partial charge in [0.2, 0.25) is 0 Å². The predicted molar refractivity (Wildman–Crippen MR) is 69.3 cm³/mol. The number of rotatable bonds is 5. The monoisotopic (exact) mass is 265 g/mol. The summed E-state index contributed by atoms with van der Waals surface area (Å²) < 4.78 is 5.14. The lowest BCUT2D eigenvalue weighted by atomic mass is 10.0. The highest BCUT2D eigenvalue weighted by molar-refractivity contribution is 6.18. The fraction of sp³-hybridized carbons (Fsp3) is 0.917. The summed E-state index contributed by atoms with van der Waals surface area (Å²) in [4.78, 5) is 11.6. The molecule has 0 saturated carbocycles. The van der Waals surface area contributed by atoms with Crippen LogP contribution in [0.3, 0.4) is 0 Å². The molecule has 2 atom stereocenters. The van der Waals surface area contributed by atoms with Gasteiger partial charge in [-0.25, -0.2) is 4.79 Å². The molecule has 0 saturated heterocycles. The average molecular weight is 266 g/mol. The first kappa shape index (κ1) is 16.5. The first-order valence-corrected chi connectivity index (χ1v) is 6.42. The van der Waals surface area contributed by atoms with Crippen molar-refractivity contribution in [1.82, 2.24) is 5.32 Å². The average Bonchev–Trinajstić information content (AvgIpc) is 2.11. The van der Waals surface area contributed by atoms with Gasteiger partial charge in [-0.15, -0.1) is 11.6 Å². The maximum Gasteiger partial charge on any atom is 0.407 e. The molecule has 1 amide bonds. The number of halogens is 1. The normalized spacial score (nSPS) is 15.5. The Labute approximate surface area is 109 Å². The van der Waals surface area contributed by atoms with Crippen LogP contribution in [0.15, 0.2) is 0 Å². The second-order valence-corrected chi connectivity index (χ2v) is 5.91. The second kappa shape index (κ2) is 7.07. The quantitative estimate of drug-likeness (QED) is 0.751. The van der Waals surface area contributed by atoms with Gasteiger partial charge in [0, 0.05) is 0 Å². The van der Waals surface area contributed by atoms with Crippen molar-refractivity contribution < 1.29 is 14.6 Å². The molecule has 0 radical (unpaired) electrons. The summed E-state index contributed by atoms with van der Waals surface area (Å²) in [6.45, 7) is 9.42. The van der Waals surface area contributed by atoms with Crippen LogP contribution in [-0.4, -0.2) is 34.8 Å². The number of aliphatic hydroxyl groups excluding tert-OH is 1. The fourth-order valence-corrected chi connectivity index (χ4v) is 1.60. The summed E-state index contributed by atoms with van der Waals surface area (Å²) in [7, 11) is 0. The number of hydrogen-bond acceptors (Lipinski definition) is 3. The number of aliphatic hydroxyl groups is 1. The first-order valence-electron chi connectivity index (χ1n) is 5.89. The van der Waals surface area contributed by atoms with E-state index in [0.717, 1.165) is 0 Å². The van der Waals surface area contributed by atoms with Crippen LogP contribution in [0.1, 0.15) is 41.0 Å². The molecule has 0 aliphatic rings. The van der Waals surface area contributed by atoms with E-state index in [2.05, 4.69) is 5.32 Å². The molecule has 5 heteroatoms. The zero-order valence-corrected chi connectivity index (χ0v) is 12.0. The lowest BCUT2D eigenvalue weighted by molar-refractivity contribution is 0.0425. The minimum absolute atomic E-state index is 0.0905. The molecule has 102 valence electrons. The van der Waals surface area contributed by atoms with Gasteiger partial charge in [-0.2, -0.15) is 0 Å². The second-order valence-electron chi connectivity index (χ2n) is 5.60. The third kappa shape index (κ3) is 8.27. The van der Waals surface area contributed by atoms with Crippen molar-refractivity contribution in [3.63, 3.8) is 0 Å². The molecular weight excluding hydrogens is 242 g/mol. The predicted octanol–water partition coefficient (Wildman–Crippen LogP) is 2.53. The minimum atomic E-state index is -0.758. The van der Waals surface area contributed by atoms with E-state index in [-0.39, 0.29) is 11.9 Å². The molecule has 0 aliphatic heterocycles. The Kier molecular flexibility index (Phi) is 6.87. The third-order valence-corrected chi connectivity index (χ3v) is 2.37. The number of hydrogen-bond donors (Lipinski definition) is 2. The molecule has 0 aromatic carbocycles. The minimum Gasteiger partial charge on any atom is -0.444 e. The molecule has 0 rings (SSSR count). The molecule has 0 heterocycles. The molecule has 0 aliphatic carbocycles. The van der Waals surface area contributed by atoms with Gasteiger partial charge in [0.25, 0.3) is 0 Å². The van der Waals surface area contributed by atoms with Crippen molar-refractivity contribution >= 4 is 17.7 Å². The number of nitrogens with one attached hydrogen (secondary N) is 1. The van der Waals surface area contributed by atoms with Crippen LogP contribution in [0, 0.1) is 5.92 Å². The highest BCUT2D eigenvalue weighted by atomic mass is 35.5. The van der Waals surface area contributed by atoms with E-state index in [4.69, 9.17) is 16.3 Å². The molecule has 0 spiro atoms. The van der Waals surface area contributed by atoms with E-state index in [0.29, 0.717) is 12.3 Å². The Morgan fingerprint density at radius 2 is 1.94 bits per heavy atom. The van der Waals surface area contributed by atoms with Crippen LogP contribution in [0.25, 0.3) is 0 Å². The largest absolute Gasteiger partial charge is 0.444 e. The summed E-state index contributed by atoms with van der Waals surface area (Å²) in [6.07, 6.45) is -0.619. The van der Waals surface area contributed by atoms with Gasteiger partial charge < -0.3 is 15.2 Å². The van der Waals surface area contributed by atoms with Crippen molar-refractivity contribution in [3.8, 4) is 0 Å². The van der Waals surface area contributed by atoms with Crippen molar-refractivity contribution in [2.75, 3.05) is 5.88 Å². The van der Waals surface area contributed by atoms with Crippen LogP contribution in [0.5, 0.6) is 0 Å². The van der Waals surface area contributed by atoms with E-state index in [1.54, 1.807) is 20.8 Å². The summed E-state index contributed by atoms with van der Waals surface area (Å²) in [6, 6.07) is -0.373. The van der Waals surface area contributed by atoms with Gasteiger partial charge >= 0.3 is 6.09 Å². The Balaban J connectivity index is 4.37. The number of amides is 1. The molecule has 0 aromatic rings. The van der Waals surface area contributed by atoms with Gasteiger partial charge in [0.1, 0.15) is 5.60 Å². The van der Waals surface area contributed by atoms with Crippen LogP contribution in [0.4, 0.5) is 4.79 Å². The molecule has 4 nitrogen and oxygen atoms in total. The van der Waals surface area contributed by atoms with Crippen LogP contribution < -0.4 is 5.32 Å². The highest BCUT2D eigenvalue weighted by Crippen LogP contribution is 2.12. The topological polar surface area (TPSA) is 58.6 Å². The number of alkyl halides is 1. The standard InChI is InChI=1S/C12H24ClNO3/c1-8(2)6-9(10(15)7-13)14-11(16)17-12(3,4)5/h8-10,15H,6-7H2,1-5H3,(H,14,16). The molecule has 2 N–H and O–H groups in total. The number of ether oxygens (including phenoxy) is 1. The Morgan fingerprint density at radius 3 is 2.29 bits per heavy atom. The van der Waals surface area contributed by atoms with E-state index in [1.165, 1.54) is 0 Å². The van der Waals surface area contributed by atoms with Crippen molar-refractivity contribution in [2.24, 2.45) is 5.92 Å². The Bertz CT molecular complexity index is 238. The molecular formula is C12H24ClNO3. The lowest BCUT2D eigenvalue weighted by Gasteiger charge is -2.26. The van der Waals surface area contributed by atoms with E-state index >= 15 is 0 Å². The van der Waals surface area contributed by atoms with E-state index in [1.807, 2.05) is 13.8 Å². The number of carbonyl (C=O) groups excluding carboxylic acids is 1. The molecule has 0 aromatic heterocycles. The van der Waals surface area contributed by atoms with Gasteiger partial charge in [-0.3, -0.25) is 0 Å². The van der Waals surface area contributed by atoms with Crippen LogP contribution in [-0.2, 0) is 4.74 Å². The van der Waals surface area contributed by atoms with Crippen molar-refractivity contribution in [1.29, 1.82) is 0 Å². The Hall–Kier alpha value is -0.480. The van der Waals surface area contributed by atoms with E-state index in [9.17, 15) is 9.90 Å². The summed E-state index contributed by atoms with van der Waals surface area (Å²) in [5.74, 6) is 0.445.